The molecule has 14 heavy (non-hydrogen) atoms. The predicted octanol–water partition coefficient (Wildman–Crippen LogP) is -2.85. The van der Waals surface area contributed by atoms with Crippen LogP contribution in [0.5, 0.6) is 0 Å². The molecule has 74 valence electrons. The monoisotopic (exact) mass is 304 g/mol. The molecule has 0 fully saturated rings. The minimum Gasteiger partial charge on any atom is -1.00 e. The van der Waals surface area contributed by atoms with E-state index in [-0.39, 0.29) is 51.0 Å². The maximum absolute atomic E-state index is 2.24. The summed E-state index contributed by atoms with van der Waals surface area (Å²) in [7, 11) is 0. The summed E-state index contributed by atoms with van der Waals surface area (Å²) in [6, 6.07) is 0. The fourth-order valence-electron chi connectivity index (χ4n) is 1.54. The van der Waals surface area contributed by atoms with Crippen LogP contribution in [0.25, 0.3) is 0 Å². The molecule has 0 N–H and O–H groups in total. The third kappa shape index (κ3) is 4.78. The van der Waals surface area contributed by atoms with E-state index in [1.807, 2.05) is 0 Å². The Morgan fingerprint density at radius 1 is 0.857 bits per heavy atom. The van der Waals surface area contributed by atoms with Crippen LogP contribution in [0.3, 0.4) is 0 Å². The second kappa shape index (κ2) is 8.71. The number of rotatable bonds is 2. The molecule has 2 aliphatic rings. The SMILES string of the molecule is C1=CCC(CC2=CC=CC2)=C1.[Cl-].[Cl-].[Zr+2]. The summed E-state index contributed by atoms with van der Waals surface area (Å²) in [6.07, 6.45) is 16.7. The molecule has 0 unspecified atom stereocenters. The van der Waals surface area contributed by atoms with Gasteiger partial charge in [-0.25, -0.2) is 0 Å². The van der Waals surface area contributed by atoms with Crippen LogP contribution in [0.15, 0.2) is 47.6 Å². The Kier molecular flexibility index (Phi) is 10.5. The predicted molar refractivity (Wildman–Crippen MR) is 48.3 cm³/mol. The minimum atomic E-state index is 0. The van der Waals surface area contributed by atoms with Gasteiger partial charge in [0.15, 0.2) is 0 Å². The fraction of sp³-hybridized carbons (Fsp3) is 0.273. The molecule has 0 radical (unpaired) electrons. The van der Waals surface area contributed by atoms with E-state index in [4.69, 9.17) is 0 Å². The van der Waals surface area contributed by atoms with Gasteiger partial charge in [0.25, 0.3) is 0 Å². The zero-order valence-corrected chi connectivity index (χ0v) is 11.8. The first-order valence-electron chi connectivity index (χ1n) is 4.14. The number of halogens is 2. The van der Waals surface area contributed by atoms with Gasteiger partial charge in [-0.3, -0.25) is 0 Å². The van der Waals surface area contributed by atoms with Crippen LogP contribution < -0.4 is 24.8 Å². The molecule has 2 rings (SSSR count). The summed E-state index contributed by atoms with van der Waals surface area (Å²) in [5, 5.41) is 0. The molecule has 2 aliphatic carbocycles. The van der Waals surface area contributed by atoms with Gasteiger partial charge >= 0.3 is 26.2 Å². The Balaban J connectivity index is 0. The van der Waals surface area contributed by atoms with E-state index in [0.717, 1.165) is 12.8 Å². The van der Waals surface area contributed by atoms with Crippen molar-refractivity contribution in [2.45, 2.75) is 19.3 Å². The van der Waals surface area contributed by atoms with Crippen molar-refractivity contribution in [3.05, 3.63) is 47.6 Å². The van der Waals surface area contributed by atoms with E-state index in [1.165, 1.54) is 6.42 Å². The van der Waals surface area contributed by atoms with Crippen LogP contribution in [0.4, 0.5) is 0 Å². The molecule has 0 spiro atoms. The van der Waals surface area contributed by atoms with E-state index in [2.05, 4.69) is 36.5 Å². The summed E-state index contributed by atoms with van der Waals surface area (Å²) in [5.74, 6) is 0. The molecule has 3 heteroatoms. The summed E-state index contributed by atoms with van der Waals surface area (Å²) < 4.78 is 0. The topological polar surface area (TPSA) is 0 Å². The Labute approximate surface area is 117 Å². The minimum absolute atomic E-state index is 0. The van der Waals surface area contributed by atoms with E-state index in [9.17, 15) is 0 Å². The van der Waals surface area contributed by atoms with Crippen molar-refractivity contribution in [3.8, 4) is 0 Å². The second-order valence-electron chi connectivity index (χ2n) is 3.09. The second-order valence-corrected chi connectivity index (χ2v) is 3.09. The van der Waals surface area contributed by atoms with E-state index in [1.54, 1.807) is 11.1 Å². The summed E-state index contributed by atoms with van der Waals surface area (Å²) in [5.41, 5.74) is 3.11. The molecule has 0 heterocycles. The van der Waals surface area contributed by atoms with Crippen LogP contribution in [-0.2, 0) is 26.2 Å². The summed E-state index contributed by atoms with van der Waals surface area (Å²) >= 11 is 0. The van der Waals surface area contributed by atoms with Gasteiger partial charge < -0.3 is 24.8 Å². The Morgan fingerprint density at radius 2 is 1.29 bits per heavy atom. The first-order chi connectivity index (χ1) is 5.45. The average Bonchev–Trinajstić information content (AvgIpc) is 2.60. The van der Waals surface area contributed by atoms with Crippen molar-refractivity contribution in [1.29, 1.82) is 0 Å². The van der Waals surface area contributed by atoms with E-state index in [0.29, 0.717) is 0 Å². The third-order valence-corrected chi connectivity index (χ3v) is 2.15. The van der Waals surface area contributed by atoms with Crippen LogP contribution >= 0.6 is 0 Å². The fourth-order valence-corrected chi connectivity index (χ4v) is 1.54. The molecule has 0 atom stereocenters. The largest absolute Gasteiger partial charge is 2.00 e. The summed E-state index contributed by atoms with van der Waals surface area (Å²) in [4.78, 5) is 0. The third-order valence-electron chi connectivity index (χ3n) is 2.15. The number of allylic oxidation sites excluding steroid dienone is 8. The van der Waals surface area contributed by atoms with Gasteiger partial charge in [-0.1, -0.05) is 47.6 Å². The number of hydrogen-bond acceptors (Lipinski definition) is 0. The Morgan fingerprint density at radius 3 is 1.57 bits per heavy atom. The van der Waals surface area contributed by atoms with Crippen LogP contribution in [0.2, 0.25) is 0 Å². The molecule has 0 aromatic carbocycles. The molecule has 0 aromatic rings. The van der Waals surface area contributed by atoms with Crippen LogP contribution in [0.1, 0.15) is 19.3 Å². The molecular weight excluding hydrogens is 294 g/mol. The van der Waals surface area contributed by atoms with Crippen LogP contribution in [0, 0.1) is 0 Å². The van der Waals surface area contributed by atoms with Crippen molar-refractivity contribution in [1.82, 2.24) is 0 Å². The van der Waals surface area contributed by atoms with Gasteiger partial charge in [-0.2, -0.15) is 0 Å². The standard InChI is InChI=1S/C11H12.2ClH.Zr/c1-2-6-10(5-1)9-11-7-3-4-8-11;;;/h1-5,7H,6,8-9H2;2*1H;/q;;;+2/p-2. The van der Waals surface area contributed by atoms with Gasteiger partial charge in [0.05, 0.1) is 0 Å². The van der Waals surface area contributed by atoms with Crippen molar-refractivity contribution in [2.75, 3.05) is 0 Å². The molecule has 0 saturated carbocycles. The van der Waals surface area contributed by atoms with Crippen molar-refractivity contribution >= 4 is 0 Å². The molecule has 0 nitrogen and oxygen atoms in total. The van der Waals surface area contributed by atoms with Crippen LogP contribution in [-0.4, -0.2) is 0 Å². The molecular formula is C11H12Cl2Zr. The van der Waals surface area contributed by atoms with Crippen molar-refractivity contribution in [2.24, 2.45) is 0 Å². The molecule has 0 amide bonds. The smallest absolute Gasteiger partial charge is 1.00 e. The number of hydrogen-bond donors (Lipinski definition) is 0. The quantitative estimate of drug-likeness (QED) is 0.515. The van der Waals surface area contributed by atoms with Gasteiger partial charge in [0, 0.05) is 0 Å². The molecule has 0 saturated heterocycles. The first kappa shape index (κ1) is 16.8. The van der Waals surface area contributed by atoms with Gasteiger partial charge in [-0.05, 0) is 19.3 Å². The van der Waals surface area contributed by atoms with Gasteiger partial charge in [0.1, 0.15) is 0 Å². The first-order valence-corrected chi connectivity index (χ1v) is 4.14. The zero-order valence-electron chi connectivity index (χ0n) is 7.84. The Bertz CT molecular complexity index is 247. The average molecular weight is 306 g/mol. The van der Waals surface area contributed by atoms with E-state index >= 15 is 0 Å². The maximum atomic E-state index is 2.24. The molecule has 0 aromatic heterocycles. The maximum Gasteiger partial charge on any atom is 2.00 e. The van der Waals surface area contributed by atoms with Gasteiger partial charge in [0.2, 0.25) is 0 Å². The normalized spacial score (nSPS) is 16.3. The van der Waals surface area contributed by atoms with Crippen molar-refractivity contribution in [3.63, 3.8) is 0 Å². The molecule has 0 aliphatic heterocycles. The van der Waals surface area contributed by atoms with Gasteiger partial charge in [-0.15, -0.1) is 0 Å². The summed E-state index contributed by atoms with van der Waals surface area (Å²) in [6.45, 7) is 0. The Hall–Kier alpha value is 0.423. The zero-order chi connectivity index (χ0) is 7.52. The van der Waals surface area contributed by atoms with Crippen molar-refractivity contribution < 1.29 is 51.0 Å². The van der Waals surface area contributed by atoms with E-state index < -0.39 is 0 Å². The molecule has 0 bridgehead atoms.